The summed E-state index contributed by atoms with van der Waals surface area (Å²) in [4.78, 5) is 16.5. The summed E-state index contributed by atoms with van der Waals surface area (Å²) in [5.74, 6) is 0.0862. The first-order valence-corrected chi connectivity index (χ1v) is 9.44. The van der Waals surface area contributed by atoms with Gasteiger partial charge in [-0.05, 0) is 50.1 Å². The third kappa shape index (κ3) is 3.82. The number of halogens is 1. The van der Waals surface area contributed by atoms with Crippen LogP contribution in [0, 0.1) is 12.7 Å². The van der Waals surface area contributed by atoms with E-state index in [1.807, 2.05) is 17.8 Å². The summed E-state index contributed by atoms with van der Waals surface area (Å²) in [6, 6.07) is 6.92. The Bertz CT molecular complexity index is 973. The summed E-state index contributed by atoms with van der Waals surface area (Å²) in [5.41, 5.74) is 1.49. The predicted molar refractivity (Wildman–Crippen MR) is 103 cm³/mol. The average molecular weight is 382 g/mol. The van der Waals surface area contributed by atoms with E-state index >= 15 is 0 Å². The molecule has 1 amide bonds. The Kier molecular flexibility index (Phi) is 5.21. The summed E-state index contributed by atoms with van der Waals surface area (Å²) < 4.78 is 18.0. The van der Waals surface area contributed by atoms with E-state index in [0.29, 0.717) is 22.8 Å². The summed E-state index contributed by atoms with van der Waals surface area (Å²) in [7, 11) is 0. The molecule has 1 atom stereocenters. The van der Waals surface area contributed by atoms with Crippen LogP contribution in [0.25, 0.3) is 5.69 Å². The number of hydrogen-bond acceptors (Lipinski definition) is 4. The van der Waals surface area contributed by atoms with E-state index in [1.54, 1.807) is 35.2 Å². The molecular weight excluding hydrogens is 359 g/mol. The average Bonchev–Trinajstić information content (AvgIpc) is 3.36. The van der Waals surface area contributed by atoms with Crippen molar-refractivity contribution in [2.24, 2.45) is 0 Å². The number of carbonyl (C=O) groups is 1. The van der Waals surface area contributed by atoms with Crippen LogP contribution in [0.15, 0.2) is 42.9 Å². The van der Waals surface area contributed by atoms with Crippen molar-refractivity contribution in [2.75, 3.05) is 13.1 Å². The maximum absolute atomic E-state index is 14.5. The van der Waals surface area contributed by atoms with Gasteiger partial charge in [-0.1, -0.05) is 6.07 Å². The van der Waals surface area contributed by atoms with Gasteiger partial charge < -0.3 is 15.2 Å². The molecule has 1 aliphatic heterocycles. The van der Waals surface area contributed by atoms with E-state index in [4.69, 9.17) is 0 Å². The standard InChI is InChI=1S/C20H23FN6O/c1-14-23-8-10-26(14)19-5-4-15(11-17(19)21)12-24-20(28)18-6-9-27(25-18)16-3-2-7-22-13-16/h4-6,8-11,16,22H,2-3,7,12-13H2,1H3,(H,24,28). The second-order valence-electron chi connectivity index (χ2n) is 6.99. The van der Waals surface area contributed by atoms with Gasteiger partial charge in [0.1, 0.15) is 17.3 Å². The molecule has 2 N–H and O–H groups in total. The van der Waals surface area contributed by atoms with Gasteiger partial charge in [-0.15, -0.1) is 0 Å². The molecule has 2 aromatic heterocycles. The summed E-state index contributed by atoms with van der Waals surface area (Å²) >= 11 is 0. The van der Waals surface area contributed by atoms with Crippen molar-refractivity contribution in [2.45, 2.75) is 32.4 Å². The first kappa shape index (κ1) is 18.4. The third-order valence-corrected chi connectivity index (χ3v) is 5.04. The van der Waals surface area contributed by atoms with Gasteiger partial charge in [0, 0.05) is 31.7 Å². The van der Waals surface area contributed by atoms with Gasteiger partial charge >= 0.3 is 0 Å². The molecule has 146 valence electrons. The molecule has 3 aromatic rings. The minimum Gasteiger partial charge on any atom is -0.347 e. The number of aromatic nitrogens is 4. The molecule has 0 radical (unpaired) electrons. The monoisotopic (exact) mass is 382 g/mol. The zero-order valence-corrected chi connectivity index (χ0v) is 15.7. The normalized spacial score (nSPS) is 16.9. The zero-order valence-electron chi connectivity index (χ0n) is 15.7. The third-order valence-electron chi connectivity index (χ3n) is 5.04. The Hall–Kier alpha value is -3.00. The SMILES string of the molecule is Cc1nccn1-c1ccc(CNC(=O)c2ccn(C3CCCNC3)n2)cc1F. The lowest BCUT2D eigenvalue weighted by Crippen LogP contribution is -2.32. The largest absolute Gasteiger partial charge is 0.347 e. The molecule has 4 rings (SSSR count). The van der Waals surface area contributed by atoms with Crippen molar-refractivity contribution < 1.29 is 9.18 Å². The van der Waals surface area contributed by atoms with E-state index in [2.05, 4.69) is 20.7 Å². The van der Waals surface area contributed by atoms with Crippen LogP contribution < -0.4 is 10.6 Å². The number of amides is 1. The number of nitrogens with zero attached hydrogens (tertiary/aromatic N) is 4. The highest BCUT2D eigenvalue weighted by molar-refractivity contribution is 5.92. The number of imidazole rings is 1. The Labute approximate surface area is 162 Å². The van der Waals surface area contributed by atoms with Crippen molar-refractivity contribution in [3.8, 4) is 5.69 Å². The highest BCUT2D eigenvalue weighted by atomic mass is 19.1. The van der Waals surface area contributed by atoms with E-state index < -0.39 is 0 Å². The Balaban J connectivity index is 1.39. The topological polar surface area (TPSA) is 76.8 Å². The van der Waals surface area contributed by atoms with Crippen LogP contribution in [-0.2, 0) is 6.54 Å². The minimum atomic E-state index is -0.359. The molecule has 1 saturated heterocycles. The summed E-state index contributed by atoms with van der Waals surface area (Å²) in [5, 5.41) is 10.5. The Morgan fingerprint density at radius 2 is 2.25 bits per heavy atom. The fourth-order valence-corrected chi connectivity index (χ4v) is 3.48. The van der Waals surface area contributed by atoms with Gasteiger partial charge in [0.05, 0.1) is 11.7 Å². The van der Waals surface area contributed by atoms with Crippen LogP contribution in [0.2, 0.25) is 0 Å². The lowest BCUT2D eigenvalue weighted by molar-refractivity contribution is 0.0944. The second kappa shape index (κ2) is 7.93. The quantitative estimate of drug-likeness (QED) is 0.710. The number of piperidine rings is 1. The molecule has 1 fully saturated rings. The smallest absolute Gasteiger partial charge is 0.272 e. The molecule has 8 heteroatoms. The maximum Gasteiger partial charge on any atom is 0.272 e. The predicted octanol–water partition coefficient (Wildman–Crippen LogP) is 2.37. The molecule has 1 aliphatic rings. The fraction of sp³-hybridized carbons (Fsp3) is 0.350. The van der Waals surface area contributed by atoms with E-state index in [-0.39, 0.29) is 24.3 Å². The number of benzene rings is 1. The first-order valence-electron chi connectivity index (χ1n) is 9.44. The lowest BCUT2D eigenvalue weighted by Gasteiger charge is -2.22. The van der Waals surface area contributed by atoms with Gasteiger partial charge in [-0.2, -0.15) is 5.10 Å². The second-order valence-corrected chi connectivity index (χ2v) is 6.99. The van der Waals surface area contributed by atoms with Crippen molar-refractivity contribution in [3.63, 3.8) is 0 Å². The van der Waals surface area contributed by atoms with Gasteiger partial charge in [0.2, 0.25) is 0 Å². The van der Waals surface area contributed by atoms with Crippen LogP contribution in [0.3, 0.4) is 0 Å². The highest BCUT2D eigenvalue weighted by Gasteiger charge is 2.17. The summed E-state index contributed by atoms with van der Waals surface area (Å²) in [6.07, 6.45) is 7.34. The van der Waals surface area contributed by atoms with Crippen molar-refractivity contribution in [1.82, 2.24) is 30.0 Å². The van der Waals surface area contributed by atoms with E-state index in [0.717, 1.165) is 25.9 Å². The van der Waals surface area contributed by atoms with Crippen LogP contribution in [0.4, 0.5) is 4.39 Å². The summed E-state index contributed by atoms with van der Waals surface area (Å²) in [6.45, 7) is 3.94. The molecule has 7 nitrogen and oxygen atoms in total. The molecule has 3 heterocycles. The molecule has 0 aliphatic carbocycles. The number of rotatable bonds is 5. The molecule has 1 aromatic carbocycles. The van der Waals surface area contributed by atoms with Crippen molar-refractivity contribution >= 4 is 5.91 Å². The van der Waals surface area contributed by atoms with Crippen LogP contribution in [0.1, 0.15) is 40.8 Å². The van der Waals surface area contributed by atoms with Gasteiger partial charge in [0.15, 0.2) is 0 Å². The number of hydrogen-bond donors (Lipinski definition) is 2. The van der Waals surface area contributed by atoms with E-state index in [9.17, 15) is 9.18 Å². The molecule has 28 heavy (non-hydrogen) atoms. The fourth-order valence-electron chi connectivity index (χ4n) is 3.48. The Morgan fingerprint density at radius 3 is 2.96 bits per heavy atom. The molecule has 0 spiro atoms. The molecule has 1 unspecified atom stereocenters. The number of nitrogens with one attached hydrogen (secondary N) is 2. The highest BCUT2D eigenvalue weighted by Crippen LogP contribution is 2.18. The zero-order chi connectivity index (χ0) is 19.5. The van der Waals surface area contributed by atoms with Gasteiger partial charge in [-0.3, -0.25) is 9.48 Å². The lowest BCUT2D eigenvalue weighted by atomic mass is 10.1. The van der Waals surface area contributed by atoms with Crippen molar-refractivity contribution in [3.05, 3.63) is 65.8 Å². The van der Waals surface area contributed by atoms with Gasteiger partial charge in [-0.25, -0.2) is 9.37 Å². The molecule has 0 saturated carbocycles. The minimum absolute atomic E-state index is 0.233. The molecule has 0 bridgehead atoms. The van der Waals surface area contributed by atoms with Crippen LogP contribution in [0.5, 0.6) is 0 Å². The number of aryl methyl sites for hydroxylation is 1. The maximum atomic E-state index is 14.5. The first-order chi connectivity index (χ1) is 13.6. The van der Waals surface area contributed by atoms with E-state index in [1.165, 1.54) is 6.07 Å². The van der Waals surface area contributed by atoms with Crippen molar-refractivity contribution in [1.29, 1.82) is 0 Å². The van der Waals surface area contributed by atoms with Crippen LogP contribution >= 0.6 is 0 Å². The molecular formula is C20H23FN6O. The Morgan fingerprint density at radius 1 is 1.36 bits per heavy atom. The van der Waals surface area contributed by atoms with Gasteiger partial charge in [0.25, 0.3) is 5.91 Å². The number of carbonyl (C=O) groups excluding carboxylic acids is 1. The van der Waals surface area contributed by atoms with Crippen LogP contribution in [-0.4, -0.2) is 38.3 Å².